The Hall–Kier alpha value is -1.54. The topological polar surface area (TPSA) is 69.7 Å². The number of rotatable bonds is 10. The SMILES string of the molecule is CCC(C)(OCCC(C)(C)OS(=O)(=O)c1ccc(C)cc1)S(=O)c1ccc(C)cc1. The Morgan fingerprint density at radius 2 is 1.40 bits per heavy atom. The van der Waals surface area contributed by atoms with E-state index >= 15 is 0 Å². The van der Waals surface area contributed by atoms with E-state index in [4.69, 9.17) is 8.92 Å². The molecule has 0 fully saturated rings. The number of hydrogen-bond acceptors (Lipinski definition) is 5. The first-order valence-electron chi connectivity index (χ1n) is 10.0. The first-order chi connectivity index (χ1) is 13.9. The van der Waals surface area contributed by atoms with Crippen LogP contribution in [-0.2, 0) is 29.8 Å². The third-order valence-electron chi connectivity index (χ3n) is 5.03. The minimum Gasteiger partial charge on any atom is -0.362 e. The average molecular weight is 453 g/mol. The summed E-state index contributed by atoms with van der Waals surface area (Å²) in [7, 11) is -5.24. The molecule has 0 radical (unpaired) electrons. The van der Waals surface area contributed by atoms with Crippen LogP contribution in [0.2, 0.25) is 0 Å². The normalized spacial score (nSPS) is 15.5. The van der Waals surface area contributed by atoms with Gasteiger partial charge in [0.25, 0.3) is 10.1 Å². The van der Waals surface area contributed by atoms with E-state index in [-0.39, 0.29) is 11.5 Å². The summed E-state index contributed by atoms with van der Waals surface area (Å²) in [5, 5.41) is 0. The molecule has 0 amide bonds. The highest BCUT2D eigenvalue weighted by molar-refractivity contribution is 7.87. The van der Waals surface area contributed by atoms with E-state index in [1.165, 1.54) is 12.1 Å². The molecule has 0 N–H and O–H groups in total. The Kier molecular flexibility index (Phi) is 8.02. The molecule has 2 atom stereocenters. The van der Waals surface area contributed by atoms with Gasteiger partial charge in [0.05, 0.1) is 27.9 Å². The molecule has 30 heavy (non-hydrogen) atoms. The summed E-state index contributed by atoms with van der Waals surface area (Å²) < 4.78 is 49.7. The fourth-order valence-corrected chi connectivity index (χ4v) is 5.38. The van der Waals surface area contributed by atoms with Gasteiger partial charge in [-0.3, -0.25) is 8.39 Å². The molecular formula is C23H32O5S2. The average Bonchev–Trinajstić information content (AvgIpc) is 2.67. The minimum atomic E-state index is -3.89. The van der Waals surface area contributed by atoms with Gasteiger partial charge in [0.1, 0.15) is 4.93 Å². The molecule has 166 valence electrons. The Labute approximate surface area is 183 Å². The third-order valence-corrected chi connectivity index (χ3v) is 8.44. The van der Waals surface area contributed by atoms with Gasteiger partial charge < -0.3 is 4.74 Å². The van der Waals surface area contributed by atoms with Crippen LogP contribution in [0.1, 0.15) is 51.7 Å². The zero-order valence-corrected chi connectivity index (χ0v) is 20.2. The summed E-state index contributed by atoms with van der Waals surface area (Å²) in [5.74, 6) is 0. The Bertz CT molecular complexity index is 964. The second-order valence-electron chi connectivity index (χ2n) is 8.28. The molecule has 0 aliphatic rings. The molecule has 0 aromatic heterocycles. The van der Waals surface area contributed by atoms with Crippen LogP contribution < -0.4 is 0 Å². The maximum atomic E-state index is 13.1. The van der Waals surface area contributed by atoms with Crippen molar-refractivity contribution in [3.05, 3.63) is 59.7 Å². The first-order valence-corrected chi connectivity index (χ1v) is 12.6. The van der Waals surface area contributed by atoms with Crippen molar-refractivity contribution in [1.82, 2.24) is 0 Å². The fourth-order valence-electron chi connectivity index (χ4n) is 2.80. The second kappa shape index (κ2) is 9.73. The summed E-state index contributed by atoms with van der Waals surface area (Å²) in [6.07, 6.45) is 0.884. The van der Waals surface area contributed by atoms with Crippen LogP contribution in [0.4, 0.5) is 0 Å². The standard InChI is InChI=1S/C23H32O5S2/c1-7-23(6,29(24)20-12-8-18(2)9-13-20)27-17-16-22(4,5)28-30(25,26)21-14-10-19(3)11-15-21/h8-15H,7,16-17H2,1-6H3. The highest BCUT2D eigenvalue weighted by Crippen LogP contribution is 2.29. The molecule has 2 aromatic rings. The summed E-state index contributed by atoms with van der Waals surface area (Å²) in [6.45, 7) is 11.3. The van der Waals surface area contributed by atoms with Gasteiger partial charge in [-0.25, -0.2) is 0 Å². The molecule has 0 heterocycles. The van der Waals surface area contributed by atoms with Crippen molar-refractivity contribution in [1.29, 1.82) is 0 Å². The minimum absolute atomic E-state index is 0.126. The van der Waals surface area contributed by atoms with Gasteiger partial charge in [0.15, 0.2) is 0 Å². The quantitative estimate of drug-likeness (QED) is 0.468. The van der Waals surface area contributed by atoms with Gasteiger partial charge in [-0.05, 0) is 65.3 Å². The van der Waals surface area contributed by atoms with Crippen molar-refractivity contribution >= 4 is 20.9 Å². The van der Waals surface area contributed by atoms with Crippen molar-refractivity contribution in [2.24, 2.45) is 0 Å². The van der Waals surface area contributed by atoms with Gasteiger partial charge in [-0.15, -0.1) is 0 Å². The van der Waals surface area contributed by atoms with E-state index in [9.17, 15) is 12.6 Å². The number of hydrogen-bond donors (Lipinski definition) is 0. The molecule has 2 rings (SSSR count). The highest BCUT2D eigenvalue weighted by Gasteiger charge is 2.34. The molecule has 5 nitrogen and oxygen atoms in total. The molecule has 0 aliphatic carbocycles. The molecule has 0 spiro atoms. The number of aryl methyl sites for hydroxylation is 2. The number of benzene rings is 2. The van der Waals surface area contributed by atoms with Crippen molar-refractivity contribution < 1.29 is 21.5 Å². The molecule has 2 unspecified atom stereocenters. The third kappa shape index (κ3) is 6.48. The largest absolute Gasteiger partial charge is 0.362 e. The Morgan fingerprint density at radius 3 is 1.90 bits per heavy atom. The summed E-state index contributed by atoms with van der Waals surface area (Å²) in [6, 6.07) is 14.1. The van der Waals surface area contributed by atoms with Gasteiger partial charge in [0.2, 0.25) is 0 Å². The van der Waals surface area contributed by atoms with Gasteiger partial charge in [-0.1, -0.05) is 42.3 Å². The van der Waals surface area contributed by atoms with E-state index in [1.807, 2.05) is 52.0 Å². The Morgan fingerprint density at radius 1 is 0.900 bits per heavy atom. The van der Waals surface area contributed by atoms with E-state index in [0.29, 0.717) is 17.7 Å². The van der Waals surface area contributed by atoms with Crippen LogP contribution in [0.25, 0.3) is 0 Å². The molecule has 0 aliphatic heterocycles. The van der Waals surface area contributed by atoms with E-state index in [2.05, 4.69) is 0 Å². The molecule has 0 saturated heterocycles. The zero-order valence-electron chi connectivity index (χ0n) is 18.6. The summed E-state index contributed by atoms with van der Waals surface area (Å²) in [5.41, 5.74) is 1.11. The van der Waals surface area contributed by atoms with Crippen molar-refractivity contribution in [3.63, 3.8) is 0 Å². The first kappa shape index (κ1) is 24.7. The maximum absolute atomic E-state index is 13.1. The van der Waals surface area contributed by atoms with Crippen LogP contribution >= 0.6 is 0 Å². The molecule has 0 saturated carbocycles. The van der Waals surface area contributed by atoms with Gasteiger partial charge in [-0.2, -0.15) is 8.42 Å². The van der Waals surface area contributed by atoms with Crippen molar-refractivity contribution in [2.45, 2.75) is 74.7 Å². The number of ether oxygens (including phenoxy) is 1. The van der Waals surface area contributed by atoms with E-state index in [1.54, 1.807) is 26.0 Å². The van der Waals surface area contributed by atoms with Crippen LogP contribution in [0.3, 0.4) is 0 Å². The molecule has 0 bridgehead atoms. The smallest absolute Gasteiger partial charge is 0.297 e. The van der Waals surface area contributed by atoms with Crippen LogP contribution in [0.5, 0.6) is 0 Å². The summed E-state index contributed by atoms with van der Waals surface area (Å²) in [4.78, 5) is -0.0374. The maximum Gasteiger partial charge on any atom is 0.297 e. The van der Waals surface area contributed by atoms with Crippen LogP contribution in [-0.4, -0.2) is 29.8 Å². The summed E-state index contributed by atoms with van der Waals surface area (Å²) >= 11 is 0. The lowest BCUT2D eigenvalue weighted by Gasteiger charge is -2.30. The lowest BCUT2D eigenvalue weighted by atomic mass is 10.1. The van der Waals surface area contributed by atoms with E-state index in [0.717, 1.165) is 11.1 Å². The van der Waals surface area contributed by atoms with Gasteiger partial charge in [0, 0.05) is 11.3 Å². The van der Waals surface area contributed by atoms with Gasteiger partial charge >= 0.3 is 0 Å². The van der Waals surface area contributed by atoms with Crippen molar-refractivity contribution in [3.8, 4) is 0 Å². The lowest BCUT2D eigenvalue weighted by molar-refractivity contribution is -0.00208. The monoisotopic (exact) mass is 452 g/mol. The van der Waals surface area contributed by atoms with Crippen LogP contribution in [0, 0.1) is 13.8 Å². The molecular weight excluding hydrogens is 420 g/mol. The van der Waals surface area contributed by atoms with Crippen molar-refractivity contribution in [2.75, 3.05) is 6.61 Å². The van der Waals surface area contributed by atoms with Crippen LogP contribution in [0.15, 0.2) is 58.3 Å². The lowest BCUT2D eigenvalue weighted by Crippen LogP contribution is -2.36. The fraction of sp³-hybridized carbons (Fsp3) is 0.478. The molecule has 2 aromatic carbocycles. The zero-order chi connectivity index (χ0) is 22.6. The highest BCUT2D eigenvalue weighted by atomic mass is 32.2. The van der Waals surface area contributed by atoms with E-state index < -0.39 is 31.5 Å². The Balaban J connectivity index is 2.02. The predicted octanol–water partition coefficient (Wildman–Crippen LogP) is 5.13. The predicted molar refractivity (Wildman–Crippen MR) is 120 cm³/mol. The second-order valence-corrected chi connectivity index (χ2v) is 11.7. The molecule has 7 heteroatoms.